The standard InChI is InChI=1S/C11H24N2O2S/c1-4-16(14,15)12-9-11-5-7-13(8-6-11)10(2)3/h10-12H,4-9H2,1-3H3. The Balaban J connectivity index is 2.28. The molecular formula is C11H24N2O2S. The fraction of sp³-hybridized carbons (Fsp3) is 1.00. The lowest BCUT2D eigenvalue weighted by atomic mass is 9.96. The van der Waals surface area contributed by atoms with Gasteiger partial charge in [-0.15, -0.1) is 0 Å². The van der Waals surface area contributed by atoms with Gasteiger partial charge in [0.25, 0.3) is 0 Å². The van der Waals surface area contributed by atoms with Gasteiger partial charge in [0.1, 0.15) is 0 Å². The minimum Gasteiger partial charge on any atom is -0.301 e. The first-order valence-electron chi connectivity index (χ1n) is 6.16. The van der Waals surface area contributed by atoms with Gasteiger partial charge >= 0.3 is 0 Å². The van der Waals surface area contributed by atoms with Crippen LogP contribution >= 0.6 is 0 Å². The third kappa shape index (κ3) is 4.39. The van der Waals surface area contributed by atoms with Crippen molar-refractivity contribution in [1.29, 1.82) is 0 Å². The Kier molecular flexibility index (Phi) is 5.21. The molecule has 1 rings (SSSR count). The largest absolute Gasteiger partial charge is 0.301 e. The van der Waals surface area contributed by atoms with Gasteiger partial charge in [0.05, 0.1) is 5.75 Å². The average Bonchev–Trinajstić information content (AvgIpc) is 2.27. The maximum absolute atomic E-state index is 11.3. The zero-order valence-corrected chi connectivity index (χ0v) is 11.4. The molecular weight excluding hydrogens is 224 g/mol. The van der Waals surface area contributed by atoms with Crippen LogP contribution in [0.25, 0.3) is 0 Å². The van der Waals surface area contributed by atoms with Gasteiger partial charge in [-0.2, -0.15) is 0 Å². The van der Waals surface area contributed by atoms with E-state index in [0.717, 1.165) is 25.9 Å². The van der Waals surface area contributed by atoms with E-state index in [9.17, 15) is 8.42 Å². The fourth-order valence-electron chi connectivity index (χ4n) is 2.02. The van der Waals surface area contributed by atoms with Crippen molar-refractivity contribution in [3.05, 3.63) is 0 Å². The van der Waals surface area contributed by atoms with E-state index < -0.39 is 10.0 Å². The van der Waals surface area contributed by atoms with E-state index in [2.05, 4.69) is 23.5 Å². The van der Waals surface area contributed by atoms with Crippen LogP contribution in [0.3, 0.4) is 0 Å². The summed E-state index contributed by atoms with van der Waals surface area (Å²) in [6.07, 6.45) is 2.20. The summed E-state index contributed by atoms with van der Waals surface area (Å²) in [5.74, 6) is 0.689. The Morgan fingerprint density at radius 2 is 1.88 bits per heavy atom. The molecule has 0 aromatic rings. The summed E-state index contributed by atoms with van der Waals surface area (Å²) in [6.45, 7) is 8.89. The van der Waals surface area contributed by atoms with Crippen LogP contribution in [-0.4, -0.2) is 44.7 Å². The molecule has 4 nitrogen and oxygen atoms in total. The molecule has 0 radical (unpaired) electrons. The van der Waals surface area contributed by atoms with Gasteiger partial charge in [-0.25, -0.2) is 13.1 Å². The Labute approximate surface area is 99.5 Å². The third-order valence-corrected chi connectivity index (χ3v) is 4.72. The van der Waals surface area contributed by atoms with Crippen molar-refractivity contribution >= 4 is 10.0 Å². The Morgan fingerprint density at radius 1 is 1.31 bits per heavy atom. The molecule has 96 valence electrons. The van der Waals surface area contributed by atoms with Gasteiger partial charge in [0.2, 0.25) is 10.0 Å². The molecule has 0 spiro atoms. The van der Waals surface area contributed by atoms with E-state index in [1.54, 1.807) is 6.92 Å². The van der Waals surface area contributed by atoms with Crippen LogP contribution in [0.5, 0.6) is 0 Å². The number of nitrogens with one attached hydrogen (secondary N) is 1. The maximum Gasteiger partial charge on any atom is 0.211 e. The second-order valence-corrected chi connectivity index (χ2v) is 6.92. The summed E-state index contributed by atoms with van der Waals surface area (Å²) in [5.41, 5.74) is 0. The SMILES string of the molecule is CCS(=O)(=O)NCC1CCN(C(C)C)CC1. The first-order chi connectivity index (χ1) is 7.44. The summed E-state index contributed by atoms with van der Waals surface area (Å²) in [4.78, 5) is 2.45. The summed E-state index contributed by atoms with van der Waals surface area (Å²) in [5, 5.41) is 0. The molecule has 0 amide bonds. The van der Waals surface area contributed by atoms with Crippen molar-refractivity contribution in [2.45, 2.75) is 39.7 Å². The molecule has 1 N–H and O–H groups in total. The summed E-state index contributed by atoms with van der Waals surface area (Å²) >= 11 is 0. The van der Waals surface area contributed by atoms with Crippen LogP contribution in [0.1, 0.15) is 33.6 Å². The minimum atomic E-state index is -3.01. The second kappa shape index (κ2) is 5.98. The molecule has 1 aliphatic heterocycles. The quantitative estimate of drug-likeness (QED) is 0.791. The first-order valence-corrected chi connectivity index (χ1v) is 7.81. The van der Waals surface area contributed by atoms with Crippen LogP contribution in [0, 0.1) is 5.92 Å². The Morgan fingerprint density at radius 3 is 2.31 bits per heavy atom. The van der Waals surface area contributed by atoms with Gasteiger partial charge in [-0.1, -0.05) is 0 Å². The highest BCUT2D eigenvalue weighted by Crippen LogP contribution is 2.18. The highest BCUT2D eigenvalue weighted by Gasteiger charge is 2.21. The fourth-order valence-corrected chi connectivity index (χ4v) is 2.71. The van der Waals surface area contributed by atoms with E-state index in [0.29, 0.717) is 18.5 Å². The monoisotopic (exact) mass is 248 g/mol. The zero-order chi connectivity index (χ0) is 12.2. The van der Waals surface area contributed by atoms with Crippen LogP contribution in [0.15, 0.2) is 0 Å². The van der Waals surface area contributed by atoms with Crippen LogP contribution < -0.4 is 4.72 Å². The highest BCUT2D eigenvalue weighted by atomic mass is 32.2. The van der Waals surface area contributed by atoms with Crippen molar-refractivity contribution < 1.29 is 8.42 Å². The topological polar surface area (TPSA) is 49.4 Å². The number of piperidine rings is 1. The lowest BCUT2D eigenvalue weighted by Gasteiger charge is -2.34. The van der Waals surface area contributed by atoms with Crippen molar-refractivity contribution in [3.8, 4) is 0 Å². The maximum atomic E-state index is 11.3. The molecule has 0 atom stereocenters. The lowest BCUT2D eigenvalue weighted by molar-refractivity contribution is 0.151. The average molecular weight is 248 g/mol. The smallest absolute Gasteiger partial charge is 0.211 e. The molecule has 1 aliphatic rings. The molecule has 16 heavy (non-hydrogen) atoms. The number of hydrogen-bond acceptors (Lipinski definition) is 3. The molecule has 1 heterocycles. The van der Waals surface area contributed by atoms with Crippen LogP contribution in [0.4, 0.5) is 0 Å². The van der Waals surface area contributed by atoms with Gasteiger partial charge in [0.15, 0.2) is 0 Å². The molecule has 0 saturated carbocycles. The highest BCUT2D eigenvalue weighted by molar-refractivity contribution is 7.89. The zero-order valence-electron chi connectivity index (χ0n) is 10.6. The minimum absolute atomic E-state index is 0.178. The molecule has 1 fully saturated rings. The van der Waals surface area contributed by atoms with Gasteiger partial charge < -0.3 is 4.90 Å². The molecule has 0 aliphatic carbocycles. The summed E-state index contributed by atoms with van der Waals surface area (Å²) < 4.78 is 25.3. The Bertz CT molecular complexity index is 293. The van der Waals surface area contributed by atoms with Gasteiger partial charge in [0, 0.05) is 12.6 Å². The Hall–Kier alpha value is -0.130. The van der Waals surface area contributed by atoms with Crippen molar-refractivity contribution in [2.24, 2.45) is 5.92 Å². The lowest BCUT2D eigenvalue weighted by Crippen LogP contribution is -2.41. The van der Waals surface area contributed by atoms with Crippen LogP contribution in [-0.2, 0) is 10.0 Å². The molecule has 0 aromatic heterocycles. The molecule has 1 saturated heterocycles. The van der Waals surface area contributed by atoms with E-state index >= 15 is 0 Å². The van der Waals surface area contributed by atoms with Gasteiger partial charge in [-0.05, 0) is 52.6 Å². The number of rotatable bonds is 5. The summed E-state index contributed by atoms with van der Waals surface area (Å²) in [6, 6.07) is 0.605. The molecule has 0 aromatic carbocycles. The van der Waals surface area contributed by atoms with Crippen molar-refractivity contribution in [1.82, 2.24) is 9.62 Å². The molecule has 0 bridgehead atoms. The van der Waals surface area contributed by atoms with Crippen molar-refractivity contribution in [3.63, 3.8) is 0 Å². The third-order valence-electron chi connectivity index (χ3n) is 3.35. The molecule has 0 unspecified atom stereocenters. The number of nitrogens with zero attached hydrogens (tertiary/aromatic N) is 1. The van der Waals surface area contributed by atoms with E-state index in [-0.39, 0.29) is 5.75 Å². The summed E-state index contributed by atoms with van der Waals surface area (Å²) in [7, 11) is -3.01. The number of likely N-dealkylation sites (tertiary alicyclic amines) is 1. The first kappa shape index (κ1) is 13.9. The number of sulfonamides is 1. The second-order valence-electron chi connectivity index (χ2n) is 4.82. The predicted molar refractivity (Wildman–Crippen MR) is 66.9 cm³/mol. The number of hydrogen-bond donors (Lipinski definition) is 1. The van der Waals surface area contributed by atoms with Gasteiger partial charge in [-0.3, -0.25) is 0 Å². The van der Waals surface area contributed by atoms with Crippen molar-refractivity contribution in [2.75, 3.05) is 25.4 Å². The molecule has 5 heteroatoms. The van der Waals surface area contributed by atoms with E-state index in [1.807, 2.05) is 0 Å². The predicted octanol–water partition coefficient (Wildman–Crippen LogP) is 1.05. The van der Waals surface area contributed by atoms with E-state index in [1.165, 1.54) is 0 Å². The van der Waals surface area contributed by atoms with E-state index in [4.69, 9.17) is 0 Å². The normalized spacial score (nSPS) is 20.5. The van der Waals surface area contributed by atoms with Crippen LogP contribution in [0.2, 0.25) is 0 Å².